The van der Waals surface area contributed by atoms with Gasteiger partial charge in [-0.15, -0.1) is 11.6 Å². The van der Waals surface area contributed by atoms with Crippen LogP contribution in [0.3, 0.4) is 0 Å². The number of rotatable bonds is 5. The summed E-state index contributed by atoms with van der Waals surface area (Å²) in [6.07, 6.45) is 2.05. The molecule has 14 heavy (non-hydrogen) atoms. The number of alkyl halides is 1. The summed E-state index contributed by atoms with van der Waals surface area (Å²) in [4.78, 5) is 13.9. The molecule has 1 saturated carbocycles. The van der Waals surface area contributed by atoms with Gasteiger partial charge in [-0.05, 0) is 18.3 Å². The molecule has 82 valence electrons. The van der Waals surface area contributed by atoms with Crippen molar-refractivity contribution < 1.29 is 4.79 Å². The molecule has 0 heterocycles. The van der Waals surface area contributed by atoms with Crippen molar-refractivity contribution in [1.29, 1.82) is 0 Å². The summed E-state index contributed by atoms with van der Waals surface area (Å²) < 4.78 is 0. The molecular weight excluding hydrogens is 198 g/mol. The summed E-state index contributed by atoms with van der Waals surface area (Å²) >= 11 is 5.68. The molecule has 1 aliphatic carbocycles. The molecule has 1 amide bonds. The van der Waals surface area contributed by atoms with E-state index in [0.717, 1.165) is 19.4 Å². The van der Waals surface area contributed by atoms with Crippen LogP contribution in [0.25, 0.3) is 0 Å². The second kappa shape index (κ2) is 4.52. The highest BCUT2D eigenvalue weighted by Crippen LogP contribution is 2.52. The standard InChI is InChI=1S/C11H20ClNO/c1-4-6-13(7-5-12)10(14)9-8-11(9,2)3/h9H,4-8H2,1-3H3. The minimum absolute atomic E-state index is 0.232. The van der Waals surface area contributed by atoms with Gasteiger partial charge in [0.2, 0.25) is 5.91 Å². The molecule has 0 saturated heterocycles. The Labute approximate surface area is 91.6 Å². The van der Waals surface area contributed by atoms with Crippen molar-refractivity contribution in [2.45, 2.75) is 33.6 Å². The lowest BCUT2D eigenvalue weighted by atomic mass is 10.1. The van der Waals surface area contributed by atoms with Crippen molar-refractivity contribution in [2.24, 2.45) is 11.3 Å². The van der Waals surface area contributed by atoms with E-state index in [1.807, 2.05) is 4.90 Å². The van der Waals surface area contributed by atoms with Crippen molar-refractivity contribution in [3.8, 4) is 0 Å². The molecule has 3 heteroatoms. The van der Waals surface area contributed by atoms with E-state index in [2.05, 4.69) is 20.8 Å². The molecule has 0 bridgehead atoms. The van der Waals surface area contributed by atoms with E-state index in [0.29, 0.717) is 18.3 Å². The van der Waals surface area contributed by atoms with Gasteiger partial charge in [0.1, 0.15) is 0 Å². The van der Waals surface area contributed by atoms with E-state index in [1.54, 1.807) is 0 Å². The second-order valence-corrected chi connectivity index (χ2v) is 5.14. The Morgan fingerprint density at radius 3 is 2.43 bits per heavy atom. The monoisotopic (exact) mass is 217 g/mol. The first-order chi connectivity index (χ1) is 6.53. The SMILES string of the molecule is CCCN(CCCl)C(=O)C1CC1(C)C. The number of hydrogen-bond acceptors (Lipinski definition) is 1. The summed E-state index contributed by atoms with van der Waals surface area (Å²) in [5, 5.41) is 0. The Kier molecular flexibility index (Phi) is 3.82. The molecule has 1 atom stereocenters. The predicted molar refractivity (Wildman–Crippen MR) is 59.5 cm³/mol. The molecule has 0 spiro atoms. The third-order valence-corrected chi connectivity index (χ3v) is 3.14. The van der Waals surface area contributed by atoms with Crippen molar-refractivity contribution in [3.63, 3.8) is 0 Å². The quantitative estimate of drug-likeness (QED) is 0.648. The second-order valence-electron chi connectivity index (χ2n) is 4.76. The van der Waals surface area contributed by atoms with Gasteiger partial charge in [-0.1, -0.05) is 20.8 Å². The normalized spacial score (nSPS) is 23.3. The molecule has 0 aromatic carbocycles. The fourth-order valence-electron chi connectivity index (χ4n) is 1.81. The average Bonchev–Trinajstić information content (AvgIpc) is 2.74. The van der Waals surface area contributed by atoms with E-state index in [-0.39, 0.29) is 11.3 Å². The van der Waals surface area contributed by atoms with Gasteiger partial charge < -0.3 is 4.90 Å². The minimum Gasteiger partial charge on any atom is -0.341 e. The Bertz CT molecular complexity index is 209. The highest BCUT2D eigenvalue weighted by molar-refractivity contribution is 6.18. The molecule has 1 rings (SSSR count). The number of hydrogen-bond donors (Lipinski definition) is 0. The zero-order valence-corrected chi connectivity index (χ0v) is 10.1. The lowest BCUT2D eigenvalue weighted by molar-refractivity contribution is -0.133. The molecule has 0 aliphatic heterocycles. The minimum atomic E-state index is 0.232. The molecule has 0 aromatic heterocycles. The topological polar surface area (TPSA) is 20.3 Å². The first-order valence-corrected chi connectivity index (χ1v) is 5.91. The van der Waals surface area contributed by atoms with Crippen LogP contribution in [0.1, 0.15) is 33.6 Å². The van der Waals surface area contributed by atoms with Crippen molar-refractivity contribution in [2.75, 3.05) is 19.0 Å². The van der Waals surface area contributed by atoms with Gasteiger partial charge >= 0.3 is 0 Å². The van der Waals surface area contributed by atoms with Gasteiger partial charge in [0.15, 0.2) is 0 Å². The molecule has 1 aliphatic rings. The van der Waals surface area contributed by atoms with Crippen LogP contribution in [0.15, 0.2) is 0 Å². The summed E-state index contributed by atoms with van der Waals surface area (Å²) in [5.41, 5.74) is 0.232. The van der Waals surface area contributed by atoms with E-state index in [1.165, 1.54) is 0 Å². The molecular formula is C11H20ClNO. The van der Waals surface area contributed by atoms with E-state index >= 15 is 0 Å². The summed E-state index contributed by atoms with van der Waals surface area (Å²) in [7, 11) is 0. The van der Waals surface area contributed by atoms with Gasteiger partial charge in [0.25, 0.3) is 0 Å². The van der Waals surface area contributed by atoms with Crippen molar-refractivity contribution >= 4 is 17.5 Å². The first-order valence-electron chi connectivity index (χ1n) is 5.37. The Morgan fingerprint density at radius 2 is 2.07 bits per heavy atom. The maximum Gasteiger partial charge on any atom is 0.226 e. The van der Waals surface area contributed by atoms with Crippen LogP contribution in [-0.4, -0.2) is 29.8 Å². The van der Waals surface area contributed by atoms with Crippen molar-refractivity contribution in [3.05, 3.63) is 0 Å². The summed E-state index contributed by atoms with van der Waals surface area (Å²) in [6, 6.07) is 0. The van der Waals surface area contributed by atoms with Crippen LogP contribution in [0.4, 0.5) is 0 Å². The highest BCUT2D eigenvalue weighted by Gasteiger charge is 2.51. The number of amides is 1. The van der Waals surface area contributed by atoms with Gasteiger partial charge in [0, 0.05) is 24.9 Å². The lowest BCUT2D eigenvalue weighted by Crippen LogP contribution is -2.35. The third-order valence-electron chi connectivity index (χ3n) is 2.97. The molecule has 0 N–H and O–H groups in total. The Balaban J connectivity index is 2.47. The molecule has 1 unspecified atom stereocenters. The van der Waals surface area contributed by atoms with Crippen LogP contribution < -0.4 is 0 Å². The van der Waals surface area contributed by atoms with Gasteiger partial charge in [-0.25, -0.2) is 0 Å². The number of halogens is 1. The van der Waals surface area contributed by atoms with Crippen LogP contribution >= 0.6 is 11.6 Å². The van der Waals surface area contributed by atoms with E-state index in [9.17, 15) is 4.79 Å². The zero-order valence-electron chi connectivity index (χ0n) is 9.35. The Hall–Kier alpha value is -0.240. The fraction of sp³-hybridized carbons (Fsp3) is 0.909. The largest absolute Gasteiger partial charge is 0.341 e. The Morgan fingerprint density at radius 1 is 1.50 bits per heavy atom. The third kappa shape index (κ3) is 2.63. The van der Waals surface area contributed by atoms with Gasteiger partial charge in [-0.3, -0.25) is 4.79 Å². The molecule has 1 fully saturated rings. The predicted octanol–water partition coefficient (Wildman–Crippen LogP) is 2.51. The molecule has 0 radical (unpaired) electrons. The van der Waals surface area contributed by atoms with Crippen LogP contribution in [0, 0.1) is 11.3 Å². The first kappa shape index (κ1) is 11.8. The maximum atomic E-state index is 12.0. The smallest absolute Gasteiger partial charge is 0.226 e. The maximum absolute atomic E-state index is 12.0. The van der Waals surface area contributed by atoms with E-state index in [4.69, 9.17) is 11.6 Å². The van der Waals surface area contributed by atoms with Crippen LogP contribution in [0.5, 0.6) is 0 Å². The van der Waals surface area contributed by atoms with Gasteiger partial charge in [-0.2, -0.15) is 0 Å². The zero-order chi connectivity index (χ0) is 10.8. The fourth-order valence-corrected chi connectivity index (χ4v) is 2.02. The van der Waals surface area contributed by atoms with Crippen molar-refractivity contribution in [1.82, 2.24) is 4.90 Å². The van der Waals surface area contributed by atoms with Crippen LogP contribution in [-0.2, 0) is 4.79 Å². The summed E-state index contributed by atoms with van der Waals surface area (Å²) in [6.45, 7) is 7.94. The molecule has 2 nitrogen and oxygen atoms in total. The van der Waals surface area contributed by atoms with Crippen LogP contribution in [0.2, 0.25) is 0 Å². The van der Waals surface area contributed by atoms with E-state index < -0.39 is 0 Å². The number of nitrogens with zero attached hydrogens (tertiary/aromatic N) is 1. The summed E-state index contributed by atoms with van der Waals surface area (Å²) in [5.74, 6) is 1.09. The number of carbonyl (C=O) groups excluding carboxylic acids is 1. The number of carbonyl (C=O) groups is 1. The van der Waals surface area contributed by atoms with Gasteiger partial charge in [0.05, 0.1) is 0 Å². The highest BCUT2D eigenvalue weighted by atomic mass is 35.5. The lowest BCUT2D eigenvalue weighted by Gasteiger charge is -2.21. The average molecular weight is 218 g/mol. The molecule has 0 aromatic rings.